The molecule has 1 amide bonds. The summed E-state index contributed by atoms with van der Waals surface area (Å²) < 4.78 is 2.45. The first kappa shape index (κ1) is 14.1. The molecule has 1 heterocycles. The molecular weight excluding hydrogens is 330 g/mol. The van der Waals surface area contributed by atoms with Crippen molar-refractivity contribution in [3.05, 3.63) is 51.2 Å². The first-order valence-corrected chi connectivity index (χ1v) is 6.84. The third-order valence-electron chi connectivity index (χ3n) is 2.85. The van der Waals surface area contributed by atoms with Gasteiger partial charge in [0.25, 0.3) is 5.91 Å². The van der Waals surface area contributed by atoms with Crippen LogP contribution in [0.25, 0.3) is 0 Å². The van der Waals surface area contributed by atoms with Crippen LogP contribution < -0.4 is 0 Å². The van der Waals surface area contributed by atoms with Crippen molar-refractivity contribution < 1.29 is 4.79 Å². The molecular formula is C13H13BrClN3O. The molecule has 100 valence electrons. The zero-order valence-electron chi connectivity index (χ0n) is 10.6. The van der Waals surface area contributed by atoms with Gasteiger partial charge < -0.3 is 4.90 Å². The van der Waals surface area contributed by atoms with E-state index in [2.05, 4.69) is 21.0 Å². The van der Waals surface area contributed by atoms with Crippen LogP contribution in [0.1, 0.15) is 16.1 Å². The Bertz CT molecular complexity index is 592. The van der Waals surface area contributed by atoms with Crippen molar-refractivity contribution >= 4 is 33.4 Å². The van der Waals surface area contributed by atoms with Crippen LogP contribution in [0.15, 0.2) is 34.9 Å². The smallest absolute Gasteiger partial charge is 0.255 e. The van der Waals surface area contributed by atoms with Crippen molar-refractivity contribution in [1.82, 2.24) is 14.7 Å². The Balaban J connectivity index is 2.19. The number of benzene rings is 1. The minimum atomic E-state index is -0.0651. The second-order valence-corrected chi connectivity index (χ2v) is 5.47. The second-order valence-electron chi connectivity index (χ2n) is 4.20. The highest BCUT2D eigenvalue weighted by Crippen LogP contribution is 2.20. The molecule has 6 heteroatoms. The van der Waals surface area contributed by atoms with Crippen LogP contribution in [0.2, 0.25) is 5.02 Å². The number of hydrogen-bond acceptors (Lipinski definition) is 2. The molecule has 0 N–H and O–H groups in total. The number of carbonyl (C=O) groups excluding carboxylic acids is 1. The fraction of sp³-hybridized carbons (Fsp3) is 0.231. The maximum atomic E-state index is 12.3. The molecule has 0 unspecified atom stereocenters. The zero-order chi connectivity index (χ0) is 14.0. The van der Waals surface area contributed by atoms with E-state index in [0.29, 0.717) is 17.1 Å². The molecule has 1 aromatic carbocycles. The van der Waals surface area contributed by atoms with Crippen molar-refractivity contribution in [3.8, 4) is 0 Å². The van der Waals surface area contributed by atoms with E-state index in [0.717, 1.165) is 10.2 Å². The van der Waals surface area contributed by atoms with E-state index >= 15 is 0 Å². The average molecular weight is 343 g/mol. The van der Waals surface area contributed by atoms with E-state index in [1.807, 2.05) is 18.2 Å². The molecule has 0 aliphatic carbocycles. The monoisotopic (exact) mass is 341 g/mol. The summed E-state index contributed by atoms with van der Waals surface area (Å²) >= 11 is 9.42. The fourth-order valence-electron chi connectivity index (χ4n) is 1.75. The highest BCUT2D eigenvalue weighted by Gasteiger charge is 2.17. The van der Waals surface area contributed by atoms with Crippen molar-refractivity contribution in [2.24, 2.45) is 7.05 Å². The van der Waals surface area contributed by atoms with E-state index < -0.39 is 0 Å². The van der Waals surface area contributed by atoms with E-state index in [9.17, 15) is 4.79 Å². The molecule has 0 fully saturated rings. The molecule has 19 heavy (non-hydrogen) atoms. The van der Waals surface area contributed by atoms with Gasteiger partial charge in [0.2, 0.25) is 0 Å². The zero-order valence-corrected chi connectivity index (χ0v) is 12.9. The van der Waals surface area contributed by atoms with Gasteiger partial charge in [0.05, 0.1) is 29.0 Å². The third kappa shape index (κ3) is 2.98. The first-order valence-electron chi connectivity index (χ1n) is 5.67. The summed E-state index contributed by atoms with van der Waals surface area (Å²) in [5.74, 6) is -0.0651. The normalized spacial score (nSPS) is 10.5. The molecule has 1 aromatic heterocycles. The van der Waals surface area contributed by atoms with Gasteiger partial charge in [-0.2, -0.15) is 5.10 Å². The largest absolute Gasteiger partial charge is 0.336 e. The summed E-state index contributed by atoms with van der Waals surface area (Å²) in [6, 6.07) is 7.34. The maximum absolute atomic E-state index is 12.3. The van der Waals surface area contributed by atoms with Crippen LogP contribution in [0, 0.1) is 0 Å². The van der Waals surface area contributed by atoms with Gasteiger partial charge >= 0.3 is 0 Å². The number of amides is 1. The SMILES string of the molecule is CN(Cc1c(Cl)cnn1C)C(=O)c1ccccc1Br. The molecule has 0 aliphatic heterocycles. The molecule has 0 saturated heterocycles. The van der Waals surface area contributed by atoms with Crippen molar-refractivity contribution in [3.63, 3.8) is 0 Å². The Morgan fingerprint density at radius 2 is 2.16 bits per heavy atom. The van der Waals surface area contributed by atoms with Gasteiger partial charge in [0.15, 0.2) is 0 Å². The lowest BCUT2D eigenvalue weighted by molar-refractivity contribution is 0.0781. The highest BCUT2D eigenvalue weighted by atomic mass is 79.9. The summed E-state index contributed by atoms with van der Waals surface area (Å²) in [5.41, 5.74) is 1.44. The van der Waals surface area contributed by atoms with Gasteiger partial charge in [0.1, 0.15) is 0 Å². The van der Waals surface area contributed by atoms with Gasteiger partial charge in [0, 0.05) is 18.6 Å². The minimum Gasteiger partial charge on any atom is -0.336 e. The van der Waals surface area contributed by atoms with E-state index in [1.165, 1.54) is 0 Å². The van der Waals surface area contributed by atoms with Gasteiger partial charge in [-0.15, -0.1) is 0 Å². The Morgan fingerprint density at radius 3 is 2.74 bits per heavy atom. The summed E-state index contributed by atoms with van der Waals surface area (Å²) in [6.07, 6.45) is 1.58. The number of carbonyl (C=O) groups is 1. The minimum absolute atomic E-state index is 0.0651. The first-order chi connectivity index (χ1) is 9.00. The average Bonchev–Trinajstić information content (AvgIpc) is 2.70. The number of nitrogens with zero attached hydrogens (tertiary/aromatic N) is 3. The predicted molar refractivity (Wildman–Crippen MR) is 78.2 cm³/mol. The number of aromatic nitrogens is 2. The van der Waals surface area contributed by atoms with Crippen LogP contribution in [0.3, 0.4) is 0 Å². The topological polar surface area (TPSA) is 38.1 Å². The summed E-state index contributed by atoms with van der Waals surface area (Å²) in [5, 5.41) is 4.62. The Kier molecular flexibility index (Phi) is 4.27. The van der Waals surface area contributed by atoms with Crippen LogP contribution in [0.4, 0.5) is 0 Å². The van der Waals surface area contributed by atoms with E-state index in [1.54, 1.807) is 35.9 Å². The highest BCUT2D eigenvalue weighted by molar-refractivity contribution is 9.10. The van der Waals surface area contributed by atoms with Crippen LogP contribution >= 0.6 is 27.5 Å². The molecule has 0 aliphatic rings. The van der Waals surface area contributed by atoms with Gasteiger partial charge in [-0.1, -0.05) is 23.7 Å². The van der Waals surface area contributed by atoms with Crippen molar-refractivity contribution in [2.45, 2.75) is 6.54 Å². The molecule has 4 nitrogen and oxygen atoms in total. The number of halogens is 2. The van der Waals surface area contributed by atoms with E-state index in [-0.39, 0.29) is 5.91 Å². The quantitative estimate of drug-likeness (QED) is 0.859. The number of rotatable bonds is 3. The van der Waals surface area contributed by atoms with E-state index in [4.69, 9.17) is 11.6 Å². The van der Waals surface area contributed by atoms with Crippen LogP contribution in [-0.2, 0) is 13.6 Å². The second kappa shape index (κ2) is 5.75. The summed E-state index contributed by atoms with van der Waals surface area (Å²) in [4.78, 5) is 14.0. The molecule has 0 bridgehead atoms. The Labute approximate surface area is 125 Å². The molecule has 0 spiro atoms. The predicted octanol–water partition coefficient (Wildman–Crippen LogP) is 3.11. The maximum Gasteiger partial charge on any atom is 0.255 e. The van der Waals surface area contributed by atoms with Gasteiger partial charge in [-0.3, -0.25) is 9.48 Å². The van der Waals surface area contributed by atoms with Crippen LogP contribution in [0.5, 0.6) is 0 Å². The molecule has 2 rings (SSSR count). The molecule has 2 aromatic rings. The third-order valence-corrected chi connectivity index (χ3v) is 3.86. The molecule has 0 saturated carbocycles. The van der Waals surface area contributed by atoms with Crippen molar-refractivity contribution in [1.29, 1.82) is 0 Å². The lowest BCUT2D eigenvalue weighted by Gasteiger charge is -2.18. The standard InChI is InChI=1S/C13H13BrClN3O/c1-17(8-12-11(15)7-16-18(12)2)13(19)9-5-3-4-6-10(9)14/h3-7H,8H2,1-2H3. The molecule has 0 atom stereocenters. The van der Waals surface area contributed by atoms with Gasteiger partial charge in [-0.05, 0) is 28.1 Å². The molecule has 0 radical (unpaired) electrons. The lowest BCUT2D eigenvalue weighted by Crippen LogP contribution is -2.27. The van der Waals surface area contributed by atoms with Gasteiger partial charge in [-0.25, -0.2) is 0 Å². The fourth-order valence-corrected chi connectivity index (χ4v) is 2.43. The summed E-state index contributed by atoms with van der Waals surface area (Å²) in [7, 11) is 3.54. The number of aryl methyl sites for hydroxylation is 1. The lowest BCUT2D eigenvalue weighted by atomic mass is 10.2. The Hall–Kier alpha value is -1.33. The van der Waals surface area contributed by atoms with Crippen LogP contribution in [-0.4, -0.2) is 27.6 Å². The number of hydrogen-bond donors (Lipinski definition) is 0. The summed E-state index contributed by atoms with van der Waals surface area (Å²) in [6.45, 7) is 0.412. The van der Waals surface area contributed by atoms with Crippen molar-refractivity contribution in [2.75, 3.05) is 7.05 Å². The Morgan fingerprint density at radius 1 is 1.47 bits per heavy atom.